The Bertz CT molecular complexity index is 1220. The monoisotopic (exact) mass is 430 g/mol. The van der Waals surface area contributed by atoms with E-state index in [2.05, 4.69) is 25.2 Å². The maximum Gasteiger partial charge on any atom is 0.387 e. The number of hydrogen-bond acceptors (Lipinski definition) is 6. The quantitative estimate of drug-likeness (QED) is 0.470. The number of carbonyl (C=O) groups excluding carboxylic acids is 1. The number of aryl methyl sites for hydroxylation is 1. The van der Waals surface area contributed by atoms with Crippen LogP contribution in [0.25, 0.3) is 16.9 Å². The van der Waals surface area contributed by atoms with E-state index in [1.807, 2.05) is 6.26 Å². The number of nitrogens with zero attached hydrogens (tertiary/aromatic N) is 5. The molecule has 1 aromatic carbocycles. The number of anilines is 1. The second-order valence-electron chi connectivity index (χ2n) is 6.21. The fraction of sp³-hybridized carbons (Fsp3) is 0.158. The van der Waals surface area contributed by atoms with Gasteiger partial charge in [-0.2, -0.15) is 19.0 Å². The van der Waals surface area contributed by atoms with Gasteiger partial charge in [-0.15, -0.1) is 11.8 Å². The number of amides is 1. The molecule has 30 heavy (non-hydrogen) atoms. The van der Waals surface area contributed by atoms with Crippen LogP contribution in [-0.4, -0.2) is 43.2 Å². The molecular formula is C19H16F2N6O2S. The molecule has 0 atom stereocenters. The lowest BCUT2D eigenvalue weighted by molar-refractivity contribution is -0.0494. The van der Waals surface area contributed by atoms with Gasteiger partial charge >= 0.3 is 6.61 Å². The molecule has 1 amide bonds. The topological polar surface area (TPSA) is 86.3 Å². The zero-order chi connectivity index (χ0) is 21.3. The summed E-state index contributed by atoms with van der Waals surface area (Å²) < 4.78 is 33.5. The molecule has 4 rings (SSSR count). The predicted molar refractivity (Wildman–Crippen MR) is 108 cm³/mol. The Morgan fingerprint density at radius 3 is 2.93 bits per heavy atom. The molecule has 3 heterocycles. The zero-order valence-corrected chi connectivity index (χ0v) is 16.7. The second kappa shape index (κ2) is 8.11. The average molecular weight is 430 g/mol. The number of benzene rings is 1. The van der Waals surface area contributed by atoms with Gasteiger partial charge in [-0.25, -0.2) is 9.50 Å². The minimum Gasteiger partial charge on any atom is -0.434 e. The highest BCUT2D eigenvalue weighted by Gasteiger charge is 2.21. The summed E-state index contributed by atoms with van der Waals surface area (Å²) in [4.78, 5) is 17.9. The van der Waals surface area contributed by atoms with Crippen molar-refractivity contribution in [3.63, 3.8) is 0 Å². The third-order valence-corrected chi connectivity index (χ3v) is 4.98. The largest absolute Gasteiger partial charge is 0.434 e. The van der Waals surface area contributed by atoms with Crippen LogP contribution in [0.15, 0.2) is 53.9 Å². The van der Waals surface area contributed by atoms with Crippen molar-refractivity contribution in [2.75, 3.05) is 11.6 Å². The molecule has 0 aliphatic rings. The van der Waals surface area contributed by atoms with E-state index in [0.717, 1.165) is 4.90 Å². The molecule has 0 saturated carbocycles. The Kier molecular flexibility index (Phi) is 5.36. The first-order valence-corrected chi connectivity index (χ1v) is 9.95. The molecule has 0 saturated heterocycles. The van der Waals surface area contributed by atoms with E-state index < -0.39 is 12.5 Å². The van der Waals surface area contributed by atoms with Gasteiger partial charge in [0.25, 0.3) is 5.91 Å². The molecule has 1 N–H and O–H groups in total. The van der Waals surface area contributed by atoms with E-state index in [4.69, 9.17) is 0 Å². The number of ether oxygens (including phenoxy) is 1. The number of aromatic nitrogens is 5. The average Bonchev–Trinajstić information content (AvgIpc) is 3.31. The fourth-order valence-electron chi connectivity index (χ4n) is 2.98. The van der Waals surface area contributed by atoms with Crippen molar-refractivity contribution in [1.82, 2.24) is 24.4 Å². The van der Waals surface area contributed by atoms with Gasteiger partial charge in [0.05, 0.1) is 11.9 Å². The van der Waals surface area contributed by atoms with Crippen molar-refractivity contribution >= 4 is 29.0 Å². The van der Waals surface area contributed by atoms with Crippen LogP contribution in [0.1, 0.15) is 10.4 Å². The van der Waals surface area contributed by atoms with E-state index in [1.165, 1.54) is 33.2 Å². The Morgan fingerprint density at radius 1 is 1.33 bits per heavy atom. The molecule has 0 bridgehead atoms. The van der Waals surface area contributed by atoms with Crippen LogP contribution in [0.5, 0.6) is 5.75 Å². The van der Waals surface area contributed by atoms with Gasteiger partial charge in [-0.3, -0.25) is 9.48 Å². The first kappa shape index (κ1) is 19.8. The molecule has 0 aliphatic carbocycles. The lowest BCUT2D eigenvalue weighted by atomic mass is 10.1. The van der Waals surface area contributed by atoms with Crippen molar-refractivity contribution in [2.45, 2.75) is 11.5 Å². The summed E-state index contributed by atoms with van der Waals surface area (Å²) in [6.07, 6.45) is 8.10. The van der Waals surface area contributed by atoms with E-state index >= 15 is 0 Å². The van der Waals surface area contributed by atoms with Crippen molar-refractivity contribution in [3.05, 3.63) is 54.6 Å². The first-order valence-electron chi connectivity index (χ1n) is 8.73. The Morgan fingerprint density at radius 2 is 2.17 bits per heavy atom. The highest BCUT2D eigenvalue weighted by Crippen LogP contribution is 2.37. The summed E-state index contributed by atoms with van der Waals surface area (Å²) in [5, 5.41) is 11.2. The van der Waals surface area contributed by atoms with Crippen LogP contribution < -0.4 is 10.1 Å². The van der Waals surface area contributed by atoms with Crippen LogP contribution in [0, 0.1) is 0 Å². The van der Waals surface area contributed by atoms with Gasteiger partial charge in [0.2, 0.25) is 0 Å². The molecule has 0 aliphatic heterocycles. The summed E-state index contributed by atoms with van der Waals surface area (Å²) in [6, 6.07) is 6.53. The summed E-state index contributed by atoms with van der Waals surface area (Å²) in [5.41, 5.74) is 1.66. The number of fused-ring (bicyclic) bond motifs is 1. The van der Waals surface area contributed by atoms with Crippen LogP contribution in [0.3, 0.4) is 0 Å². The number of thioether (sulfide) groups is 1. The van der Waals surface area contributed by atoms with Crippen molar-refractivity contribution in [2.24, 2.45) is 7.05 Å². The smallest absolute Gasteiger partial charge is 0.387 e. The van der Waals surface area contributed by atoms with E-state index in [-0.39, 0.29) is 11.3 Å². The highest BCUT2D eigenvalue weighted by molar-refractivity contribution is 7.98. The van der Waals surface area contributed by atoms with Gasteiger partial charge in [-0.05, 0) is 30.5 Å². The van der Waals surface area contributed by atoms with Crippen LogP contribution in [0.4, 0.5) is 14.5 Å². The minimum atomic E-state index is -2.99. The molecular weight excluding hydrogens is 414 g/mol. The third kappa shape index (κ3) is 3.83. The molecule has 11 heteroatoms. The van der Waals surface area contributed by atoms with Gasteiger partial charge in [0.1, 0.15) is 17.0 Å². The predicted octanol–water partition coefficient (Wildman–Crippen LogP) is 3.71. The van der Waals surface area contributed by atoms with Crippen LogP contribution in [0.2, 0.25) is 0 Å². The molecule has 4 aromatic rings. The lowest BCUT2D eigenvalue weighted by Gasteiger charge is -2.12. The summed E-state index contributed by atoms with van der Waals surface area (Å²) in [7, 11) is 1.67. The van der Waals surface area contributed by atoms with Crippen LogP contribution in [-0.2, 0) is 7.05 Å². The summed E-state index contributed by atoms with van der Waals surface area (Å²) >= 11 is 1.45. The number of halogens is 2. The van der Waals surface area contributed by atoms with Crippen LogP contribution >= 0.6 is 11.8 Å². The number of alkyl halides is 2. The van der Waals surface area contributed by atoms with Gasteiger partial charge in [-0.1, -0.05) is 0 Å². The summed E-state index contributed by atoms with van der Waals surface area (Å²) in [5.74, 6) is -0.482. The number of rotatable bonds is 6. The molecule has 0 unspecified atom stereocenters. The standard InChI is InChI=1S/C19H16F2N6O2S/c1-26-10-14(24-18(28)13-9-23-27-7-3-6-22-17(13)27)16(25-26)12-8-11(30-2)4-5-15(12)29-19(20)21/h3-10,19H,1-2H3,(H,24,28). The van der Waals surface area contributed by atoms with E-state index in [1.54, 1.807) is 43.8 Å². The third-order valence-electron chi connectivity index (χ3n) is 4.26. The van der Waals surface area contributed by atoms with Crippen molar-refractivity contribution in [3.8, 4) is 17.0 Å². The molecule has 8 nitrogen and oxygen atoms in total. The number of carbonyl (C=O) groups is 1. The molecule has 3 aromatic heterocycles. The molecule has 0 radical (unpaired) electrons. The van der Waals surface area contributed by atoms with E-state index in [9.17, 15) is 13.6 Å². The zero-order valence-electron chi connectivity index (χ0n) is 15.9. The minimum absolute atomic E-state index is 0.0327. The lowest BCUT2D eigenvalue weighted by Crippen LogP contribution is -2.12. The molecule has 0 spiro atoms. The number of hydrogen-bond donors (Lipinski definition) is 1. The Balaban J connectivity index is 1.74. The molecule has 0 fully saturated rings. The molecule has 154 valence electrons. The van der Waals surface area contributed by atoms with Gasteiger partial charge in [0, 0.05) is 36.1 Å². The normalized spacial score (nSPS) is 11.2. The van der Waals surface area contributed by atoms with Gasteiger partial charge in [0.15, 0.2) is 5.65 Å². The maximum atomic E-state index is 12.9. The van der Waals surface area contributed by atoms with Crippen molar-refractivity contribution in [1.29, 1.82) is 0 Å². The van der Waals surface area contributed by atoms with E-state index in [0.29, 0.717) is 22.6 Å². The Hall–Kier alpha value is -3.47. The summed E-state index contributed by atoms with van der Waals surface area (Å²) in [6.45, 7) is -2.99. The first-order chi connectivity index (χ1) is 14.5. The Labute approximate surface area is 173 Å². The number of nitrogens with one attached hydrogen (secondary N) is 1. The van der Waals surface area contributed by atoms with Gasteiger partial charge < -0.3 is 10.1 Å². The second-order valence-corrected chi connectivity index (χ2v) is 7.09. The SMILES string of the molecule is CSc1ccc(OC(F)F)c(-c2nn(C)cc2NC(=O)c2cnn3cccnc23)c1. The maximum absolute atomic E-state index is 12.9. The highest BCUT2D eigenvalue weighted by atomic mass is 32.2. The fourth-order valence-corrected chi connectivity index (χ4v) is 3.42. The van der Waals surface area contributed by atoms with Crippen molar-refractivity contribution < 1.29 is 18.3 Å².